The first-order chi connectivity index (χ1) is 13.6. The molecular formula is C22H22N4O2. The monoisotopic (exact) mass is 374 g/mol. The summed E-state index contributed by atoms with van der Waals surface area (Å²) in [5, 5.41) is 0. The fraction of sp³-hybridized carbons (Fsp3) is 0.318. The molecule has 3 aromatic rings. The molecule has 0 radical (unpaired) electrons. The molecule has 6 heteroatoms. The quantitative estimate of drug-likeness (QED) is 0.722. The summed E-state index contributed by atoms with van der Waals surface area (Å²) in [7, 11) is 0. The molecule has 28 heavy (non-hydrogen) atoms. The Kier molecular flexibility index (Phi) is 3.93. The van der Waals surface area contributed by atoms with Crippen LogP contribution in [0.2, 0.25) is 0 Å². The summed E-state index contributed by atoms with van der Waals surface area (Å²) in [6.07, 6.45) is 5.31. The number of H-pyrrole nitrogens is 1. The number of fused-ring (bicyclic) bond motifs is 4. The van der Waals surface area contributed by atoms with Crippen molar-refractivity contribution in [3.63, 3.8) is 0 Å². The molecule has 1 aliphatic carbocycles. The van der Waals surface area contributed by atoms with E-state index in [0.717, 1.165) is 48.8 Å². The summed E-state index contributed by atoms with van der Waals surface area (Å²) >= 11 is 0. The van der Waals surface area contributed by atoms with E-state index in [1.165, 1.54) is 5.56 Å². The number of carbonyl (C=O) groups is 2. The van der Waals surface area contributed by atoms with Gasteiger partial charge in [-0.1, -0.05) is 12.1 Å². The number of carbonyl (C=O) groups excluding carboxylic acids is 2. The molecule has 6 nitrogen and oxygen atoms in total. The largest absolute Gasteiger partial charge is 0.366 e. The molecule has 2 atom stereocenters. The van der Waals surface area contributed by atoms with E-state index >= 15 is 0 Å². The normalized spacial score (nSPS) is 21.2. The smallest absolute Gasteiger partial charge is 0.254 e. The molecule has 2 unspecified atom stereocenters. The highest BCUT2D eigenvalue weighted by Crippen LogP contribution is 2.42. The minimum atomic E-state index is -0.384. The van der Waals surface area contributed by atoms with Gasteiger partial charge in [0, 0.05) is 29.6 Å². The second-order valence-corrected chi connectivity index (χ2v) is 7.73. The molecule has 142 valence electrons. The van der Waals surface area contributed by atoms with Crippen molar-refractivity contribution in [2.45, 2.75) is 37.6 Å². The van der Waals surface area contributed by atoms with Crippen LogP contribution in [0.4, 0.5) is 0 Å². The Hall–Kier alpha value is -3.15. The Balaban J connectivity index is 1.51. The standard InChI is InChI=1S/C22H22N4O2/c23-21(27)16-4-1-3-13-7-9-19-15(20(13)16)5-2-10-26(19)22(28)14-6-8-17-18(11-14)25-12-24-17/h1,3-4,6,8,11-12,15,19H,2,5,7,9-10H2,(H2,23,27)(H,24,25). The third kappa shape index (κ3) is 2.59. The molecule has 1 fully saturated rings. The fourth-order valence-corrected chi connectivity index (χ4v) is 5.02. The number of imidazole rings is 1. The van der Waals surface area contributed by atoms with Gasteiger partial charge in [0.15, 0.2) is 0 Å². The fourth-order valence-electron chi connectivity index (χ4n) is 5.02. The van der Waals surface area contributed by atoms with Crippen LogP contribution < -0.4 is 5.73 Å². The van der Waals surface area contributed by atoms with E-state index in [0.29, 0.717) is 11.1 Å². The number of primary amides is 1. The lowest BCUT2D eigenvalue weighted by Gasteiger charge is -2.45. The molecule has 0 spiro atoms. The SMILES string of the molecule is NC(=O)c1cccc2c1C1CCCN(C(=O)c3ccc4[nH]cnc4c3)C1CC2. The van der Waals surface area contributed by atoms with Crippen LogP contribution in [0.25, 0.3) is 11.0 Å². The predicted octanol–water partition coefficient (Wildman–Crippen LogP) is 3.00. The maximum Gasteiger partial charge on any atom is 0.254 e. The van der Waals surface area contributed by atoms with Gasteiger partial charge in [0.25, 0.3) is 5.91 Å². The second-order valence-electron chi connectivity index (χ2n) is 7.73. The van der Waals surface area contributed by atoms with E-state index < -0.39 is 0 Å². The number of rotatable bonds is 2. The summed E-state index contributed by atoms with van der Waals surface area (Å²) < 4.78 is 0. The zero-order chi connectivity index (χ0) is 19.3. The van der Waals surface area contributed by atoms with Crippen LogP contribution >= 0.6 is 0 Å². The van der Waals surface area contributed by atoms with Crippen molar-refractivity contribution >= 4 is 22.8 Å². The lowest BCUT2D eigenvalue weighted by molar-refractivity contribution is 0.0546. The van der Waals surface area contributed by atoms with E-state index in [-0.39, 0.29) is 23.8 Å². The first-order valence-corrected chi connectivity index (χ1v) is 9.79. The molecule has 2 heterocycles. The Morgan fingerprint density at radius 1 is 1.18 bits per heavy atom. The van der Waals surface area contributed by atoms with Crippen molar-refractivity contribution < 1.29 is 9.59 Å². The van der Waals surface area contributed by atoms with Gasteiger partial charge in [0.05, 0.1) is 17.4 Å². The topological polar surface area (TPSA) is 92.1 Å². The number of nitrogens with two attached hydrogens (primary N) is 1. The number of amides is 2. The van der Waals surface area contributed by atoms with Crippen LogP contribution in [0, 0.1) is 0 Å². The molecule has 0 bridgehead atoms. The highest BCUT2D eigenvalue weighted by Gasteiger charge is 2.40. The summed E-state index contributed by atoms with van der Waals surface area (Å²) in [5.74, 6) is -0.177. The van der Waals surface area contributed by atoms with Gasteiger partial charge in [0.2, 0.25) is 5.91 Å². The van der Waals surface area contributed by atoms with E-state index in [4.69, 9.17) is 5.73 Å². The Labute approximate surface area is 162 Å². The van der Waals surface area contributed by atoms with Gasteiger partial charge in [-0.05, 0) is 61.1 Å². The van der Waals surface area contributed by atoms with Crippen molar-refractivity contribution in [2.24, 2.45) is 5.73 Å². The van der Waals surface area contributed by atoms with Gasteiger partial charge in [-0.15, -0.1) is 0 Å². The van der Waals surface area contributed by atoms with E-state index in [1.807, 2.05) is 35.2 Å². The number of piperidine rings is 1. The second kappa shape index (κ2) is 6.48. The number of aromatic nitrogens is 2. The minimum Gasteiger partial charge on any atom is -0.366 e. The number of aryl methyl sites for hydroxylation is 1. The van der Waals surface area contributed by atoms with Crippen molar-refractivity contribution in [3.8, 4) is 0 Å². The van der Waals surface area contributed by atoms with Crippen LogP contribution in [-0.2, 0) is 6.42 Å². The van der Waals surface area contributed by atoms with E-state index in [9.17, 15) is 9.59 Å². The number of hydrogen-bond donors (Lipinski definition) is 2. The predicted molar refractivity (Wildman–Crippen MR) is 106 cm³/mol. The number of likely N-dealkylation sites (tertiary alicyclic amines) is 1. The van der Waals surface area contributed by atoms with Crippen molar-refractivity contribution in [1.29, 1.82) is 0 Å². The zero-order valence-electron chi connectivity index (χ0n) is 15.5. The average molecular weight is 374 g/mol. The van der Waals surface area contributed by atoms with Gasteiger partial charge in [0.1, 0.15) is 0 Å². The summed E-state index contributed by atoms with van der Waals surface area (Å²) in [6, 6.07) is 11.5. The molecule has 1 saturated heterocycles. The third-order valence-corrected chi connectivity index (χ3v) is 6.25. The van der Waals surface area contributed by atoms with E-state index in [1.54, 1.807) is 6.33 Å². The van der Waals surface area contributed by atoms with Gasteiger partial charge in [-0.3, -0.25) is 9.59 Å². The van der Waals surface area contributed by atoms with Crippen molar-refractivity contribution in [3.05, 3.63) is 65.0 Å². The molecule has 2 aromatic carbocycles. The molecular weight excluding hydrogens is 352 g/mol. The molecule has 2 aliphatic rings. The molecule has 5 rings (SSSR count). The Morgan fingerprint density at radius 3 is 2.93 bits per heavy atom. The Bertz CT molecular complexity index is 1090. The number of hydrogen-bond acceptors (Lipinski definition) is 3. The first kappa shape index (κ1) is 17.0. The lowest BCUT2D eigenvalue weighted by Crippen LogP contribution is -2.49. The van der Waals surface area contributed by atoms with Gasteiger partial charge >= 0.3 is 0 Å². The lowest BCUT2D eigenvalue weighted by atomic mass is 9.72. The minimum absolute atomic E-state index is 0.0413. The number of nitrogens with zero attached hydrogens (tertiary/aromatic N) is 2. The molecule has 1 aromatic heterocycles. The molecule has 3 N–H and O–H groups in total. The number of benzene rings is 2. The van der Waals surface area contributed by atoms with Crippen LogP contribution in [-0.4, -0.2) is 39.3 Å². The maximum atomic E-state index is 13.3. The van der Waals surface area contributed by atoms with Crippen LogP contribution in [0.1, 0.15) is 57.0 Å². The van der Waals surface area contributed by atoms with Crippen molar-refractivity contribution in [1.82, 2.24) is 14.9 Å². The molecule has 0 saturated carbocycles. The first-order valence-electron chi connectivity index (χ1n) is 9.79. The van der Waals surface area contributed by atoms with Crippen LogP contribution in [0.3, 0.4) is 0 Å². The Morgan fingerprint density at radius 2 is 2.07 bits per heavy atom. The molecule has 2 amide bonds. The van der Waals surface area contributed by atoms with Crippen molar-refractivity contribution in [2.75, 3.05) is 6.54 Å². The number of nitrogens with one attached hydrogen (secondary N) is 1. The third-order valence-electron chi connectivity index (χ3n) is 6.25. The molecule has 1 aliphatic heterocycles. The van der Waals surface area contributed by atoms with Gasteiger partial charge in [-0.2, -0.15) is 0 Å². The maximum absolute atomic E-state index is 13.3. The zero-order valence-corrected chi connectivity index (χ0v) is 15.5. The van der Waals surface area contributed by atoms with Crippen LogP contribution in [0.5, 0.6) is 0 Å². The number of aromatic amines is 1. The van der Waals surface area contributed by atoms with Crippen LogP contribution in [0.15, 0.2) is 42.7 Å². The average Bonchev–Trinajstić information content (AvgIpc) is 3.20. The summed E-state index contributed by atoms with van der Waals surface area (Å²) in [6.45, 7) is 0.743. The van der Waals surface area contributed by atoms with Gasteiger partial charge < -0.3 is 15.6 Å². The van der Waals surface area contributed by atoms with Gasteiger partial charge in [-0.25, -0.2) is 4.98 Å². The summed E-state index contributed by atoms with van der Waals surface area (Å²) in [5.41, 5.74) is 10.9. The highest BCUT2D eigenvalue weighted by atomic mass is 16.2. The summed E-state index contributed by atoms with van der Waals surface area (Å²) in [4.78, 5) is 34.7. The van der Waals surface area contributed by atoms with E-state index in [2.05, 4.69) is 16.0 Å². The highest BCUT2D eigenvalue weighted by molar-refractivity contribution is 5.98.